The normalized spacial score (nSPS) is 12.5. The molecular weight excluding hydrogens is 273 g/mol. The summed E-state index contributed by atoms with van der Waals surface area (Å²) in [5.41, 5.74) is 0.843. The molecule has 0 aliphatic rings. The molecule has 1 atom stereocenters. The van der Waals surface area contributed by atoms with Gasteiger partial charge in [0.25, 0.3) is 0 Å². The molecule has 0 aliphatic carbocycles. The summed E-state index contributed by atoms with van der Waals surface area (Å²) in [4.78, 5) is 0. The molecule has 1 N–H and O–H groups in total. The van der Waals surface area contributed by atoms with Gasteiger partial charge in [0, 0.05) is 26.9 Å². The van der Waals surface area contributed by atoms with Gasteiger partial charge in [0.15, 0.2) is 0 Å². The highest BCUT2D eigenvalue weighted by Crippen LogP contribution is 2.17. The van der Waals surface area contributed by atoms with Gasteiger partial charge in [-0.05, 0) is 30.7 Å². The molecule has 0 saturated carbocycles. The monoisotopic (exact) mass is 299 g/mol. The lowest BCUT2D eigenvalue weighted by atomic mass is 10.1. The van der Waals surface area contributed by atoms with Crippen LogP contribution in [0.5, 0.6) is 0 Å². The smallest absolute Gasteiger partial charge is 0.123 e. The summed E-state index contributed by atoms with van der Waals surface area (Å²) in [5, 5.41) is 3.23. The molecule has 0 aliphatic heterocycles. The zero-order valence-electron chi connectivity index (χ0n) is 12.9. The first-order chi connectivity index (χ1) is 10.3. The average Bonchev–Trinajstić information content (AvgIpc) is 2.49. The van der Waals surface area contributed by atoms with Crippen molar-refractivity contribution in [2.45, 2.75) is 19.4 Å². The molecule has 0 aromatic heterocycles. The third-order valence-corrected chi connectivity index (χ3v) is 2.98. The zero-order chi connectivity index (χ0) is 15.3. The van der Waals surface area contributed by atoms with Crippen molar-refractivity contribution in [1.82, 2.24) is 5.32 Å². The molecule has 1 rings (SSSR count). The molecule has 1 aromatic rings. The summed E-state index contributed by atoms with van der Waals surface area (Å²) in [6, 6.07) is 6.53. The highest BCUT2D eigenvalue weighted by Gasteiger charge is 2.12. The number of methoxy groups -OCH3 is 1. The second kappa shape index (κ2) is 11.6. The molecule has 1 aromatic carbocycles. The van der Waals surface area contributed by atoms with Gasteiger partial charge in [-0.1, -0.05) is 19.1 Å². The molecule has 0 bridgehead atoms. The molecule has 0 radical (unpaired) electrons. The number of rotatable bonds is 12. The largest absolute Gasteiger partial charge is 0.385 e. The predicted molar refractivity (Wildman–Crippen MR) is 80.9 cm³/mol. The minimum absolute atomic E-state index is 0.164. The maximum absolute atomic E-state index is 13.3. The average molecular weight is 299 g/mol. The molecule has 0 spiro atoms. The highest BCUT2D eigenvalue weighted by molar-refractivity contribution is 5.19. The Kier molecular flexibility index (Phi) is 9.99. The molecule has 0 heterocycles. The Morgan fingerprint density at radius 3 is 2.76 bits per heavy atom. The second-order valence-corrected chi connectivity index (χ2v) is 4.68. The first-order valence-electron chi connectivity index (χ1n) is 7.42. The maximum Gasteiger partial charge on any atom is 0.123 e. The quantitative estimate of drug-likeness (QED) is 0.602. The van der Waals surface area contributed by atoms with Crippen LogP contribution in [0.2, 0.25) is 0 Å². The lowest BCUT2D eigenvalue weighted by Gasteiger charge is -2.19. The van der Waals surface area contributed by atoms with Crippen molar-refractivity contribution < 1.29 is 18.6 Å². The van der Waals surface area contributed by atoms with E-state index in [-0.39, 0.29) is 11.9 Å². The number of ether oxygens (including phenoxy) is 3. The van der Waals surface area contributed by atoms with E-state index in [0.29, 0.717) is 33.0 Å². The second-order valence-electron chi connectivity index (χ2n) is 4.68. The van der Waals surface area contributed by atoms with Gasteiger partial charge in [0.1, 0.15) is 5.82 Å². The van der Waals surface area contributed by atoms with Crippen LogP contribution in [0.3, 0.4) is 0 Å². The minimum atomic E-state index is -0.242. The van der Waals surface area contributed by atoms with Gasteiger partial charge in [-0.2, -0.15) is 0 Å². The molecule has 21 heavy (non-hydrogen) atoms. The summed E-state index contributed by atoms with van der Waals surface area (Å²) in [6.45, 7) is 5.91. The Morgan fingerprint density at radius 2 is 2.05 bits per heavy atom. The van der Waals surface area contributed by atoms with Crippen molar-refractivity contribution >= 4 is 0 Å². The van der Waals surface area contributed by atoms with Gasteiger partial charge in [-0.15, -0.1) is 0 Å². The molecule has 120 valence electrons. The summed E-state index contributed by atoms with van der Waals surface area (Å²) >= 11 is 0. The third-order valence-electron chi connectivity index (χ3n) is 2.98. The van der Waals surface area contributed by atoms with E-state index in [2.05, 4.69) is 5.32 Å². The molecule has 5 heteroatoms. The Hall–Kier alpha value is -1.01. The van der Waals surface area contributed by atoms with Crippen molar-refractivity contribution in [3.63, 3.8) is 0 Å². The Morgan fingerprint density at radius 1 is 1.19 bits per heavy atom. The van der Waals surface area contributed by atoms with Crippen LogP contribution in [0.25, 0.3) is 0 Å². The highest BCUT2D eigenvalue weighted by atomic mass is 19.1. The van der Waals surface area contributed by atoms with Crippen LogP contribution in [-0.2, 0) is 14.2 Å². The molecule has 1 unspecified atom stereocenters. The zero-order valence-corrected chi connectivity index (χ0v) is 12.9. The van der Waals surface area contributed by atoms with E-state index < -0.39 is 0 Å². The van der Waals surface area contributed by atoms with Crippen LogP contribution in [0.1, 0.15) is 25.0 Å². The SMILES string of the molecule is CCNCC(OCCOCCCOC)c1cccc(F)c1. The lowest BCUT2D eigenvalue weighted by molar-refractivity contribution is 0.000844. The van der Waals surface area contributed by atoms with E-state index in [1.54, 1.807) is 13.2 Å². The van der Waals surface area contributed by atoms with Crippen molar-refractivity contribution in [1.29, 1.82) is 0 Å². The summed E-state index contributed by atoms with van der Waals surface area (Å²) in [7, 11) is 1.67. The Bertz CT molecular complexity index is 376. The van der Waals surface area contributed by atoms with Crippen LogP contribution in [0, 0.1) is 5.82 Å². The first-order valence-corrected chi connectivity index (χ1v) is 7.42. The molecule has 4 nitrogen and oxygen atoms in total. The minimum Gasteiger partial charge on any atom is -0.385 e. The predicted octanol–water partition coefficient (Wildman–Crippen LogP) is 2.55. The van der Waals surface area contributed by atoms with Gasteiger partial charge in [0.2, 0.25) is 0 Å². The number of benzene rings is 1. The van der Waals surface area contributed by atoms with Crippen molar-refractivity contribution in [3.8, 4) is 0 Å². The number of hydrogen-bond acceptors (Lipinski definition) is 4. The van der Waals surface area contributed by atoms with E-state index >= 15 is 0 Å². The van der Waals surface area contributed by atoms with Crippen LogP contribution in [0.4, 0.5) is 4.39 Å². The van der Waals surface area contributed by atoms with Crippen LogP contribution in [0.15, 0.2) is 24.3 Å². The topological polar surface area (TPSA) is 39.7 Å². The number of likely N-dealkylation sites (N-methyl/N-ethyl adjacent to an activating group) is 1. The fourth-order valence-corrected chi connectivity index (χ4v) is 1.91. The standard InChI is InChI=1S/C16H26FNO3/c1-3-18-13-16(14-6-4-7-15(17)12-14)21-11-10-20-9-5-8-19-2/h4,6-7,12,16,18H,3,5,8-11,13H2,1-2H3. The fourth-order valence-electron chi connectivity index (χ4n) is 1.91. The molecule has 0 amide bonds. The molecule has 0 saturated heterocycles. The number of hydrogen-bond donors (Lipinski definition) is 1. The van der Waals surface area contributed by atoms with E-state index in [1.165, 1.54) is 12.1 Å². The van der Waals surface area contributed by atoms with Crippen LogP contribution < -0.4 is 5.32 Å². The van der Waals surface area contributed by atoms with Crippen molar-refractivity contribution in [2.24, 2.45) is 0 Å². The molecular formula is C16H26FNO3. The summed E-state index contributed by atoms with van der Waals surface area (Å²) in [6.07, 6.45) is 0.713. The van der Waals surface area contributed by atoms with Gasteiger partial charge < -0.3 is 19.5 Å². The van der Waals surface area contributed by atoms with E-state index in [1.807, 2.05) is 13.0 Å². The number of nitrogens with one attached hydrogen (secondary N) is 1. The van der Waals surface area contributed by atoms with E-state index in [9.17, 15) is 4.39 Å². The maximum atomic E-state index is 13.3. The van der Waals surface area contributed by atoms with Crippen molar-refractivity contribution in [2.75, 3.05) is 46.6 Å². The number of halogens is 1. The molecule has 0 fully saturated rings. The van der Waals surface area contributed by atoms with Gasteiger partial charge in [-0.3, -0.25) is 0 Å². The van der Waals surface area contributed by atoms with Crippen LogP contribution >= 0.6 is 0 Å². The van der Waals surface area contributed by atoms with Crippen LogP contribution in [-0.4, -0.2) is 46.6 Å². The Labute approximate surface area is 126 Å². The summed E-state index contributed by atoms with van der Waals surface area (Å²) < 4.78 is 29.5. The van der Waals surface area contributed by atoms with Crippen molar-refractivity contribution in [3.05, 3.63) is 35.6 Å². The Balaban J connectivity index is 2.33. The van der Waals surface area contributed by atoms with Gasteiger partial charge in [-0.25, -0.2) is 4.39 Å². The van der Waals surface area contributed by atoms with E-state index in [0.717, 1.165) is 18.5 Å². The third kappa shape index (κ3) is 8.12. The first kappa shape index (κ1) is 18.0. The van der Waals surface area contributed by atoms with E-state index in [4.69, 9.17) is 14.2 Å². The van der Waals surface area contributed by atoms with Gasteiger partial charge in [0.05, 0.1) is 19.3 Å². The van der Waals surface area contributed by atoms with Gasteiger partial charge >= 0.3 is 0 Å². The lowest BCUT2D eigenvalue weighted by Crippen LogP contribution is -2.24. The fraction of sp³-hybridized carbons (Fsp3) is 0.625. The summed E-state index contributed by atoms with van der Waals surface area (Å²) in [5.74, 6) is -0.242.